The molecule has 2 aromatic rings. The summed E-state index contributed by atoms with van der Waals surface area (Å²) < 4.78 is 16.6. The van der Waals surface area contributed by atoms with Gasteiger partial charge < -0.3 is 19.2 Å². The second-order valence-electron chi connectivity index (χ2n) is 5.58. The molecule has 1 aromatic carbocycles. The first-order chi connectivity index (χ1) is 12.0. The average Bonchev–Trinajstić information content (AvgIpc) is 3.02. The van der Waals surface area contributed by atoms with Gasteiger partial charge in [0.15, 0.2) is 11.5 Å². The molecule has 0 aliphatic rings. The molecule has 1 amide bonds. The number of aryl methyl sites for hydroxylation is 1. The third kappa shape index (κ3) is 5.41. The highest BCUT2D eigenvalue weighted by Crippen LogP contribution is 2.29. The van der Waals surface area contributed by atoms with E-state index < -0.39 is 0 Å². The molecule has 2 rings (SSSR count). The van der Waals surface area contributed by atoms with Crippen molar-refractivity contribution >= 4 is 12.0 Å². The van der Waals surface area contributed by atoms with Crippen molar-refractivity contribution in [3.63, 3.8) is 0 Å². The topological polar surface area (TPSA) is 60.7 Å². The summed E-state index contributed by atoms with van der Waals surface area (Å²) >= 11 is 0. The number of furan rings is 1. The summed E-state index contributed by atoms with van der Waals surface area (Å²) in [7, 11) is 0. The lowest BCUT2D eigenvalue weighted by molar-refractivity contribution is -0.117. The fourth-order valence-electron chi connectivity index (χ4n) is 2.36. The molecule has 0 bridgehead atoms. The molecule has 1 N–H and O–H groups in total. The third-order valence-electron chi connectivity index (χ3n) is 3.54. The van der Waals surface area contributed by atoms with E-state index in [0.717, 1.165) is 17.1 Å². The Morgan fingerprint density at radius 3 is 2.52 bits per heavy atom. The number of hydrogen-bond acceptors (Lipinski definition) is 4. The van der Waals surface area contributed by atoms with Gasteiger partial charge in [-0.05, 0) is 63.6 Å². The summed E-state index contributed by atoms with van der Waals surface area (Å²) in [6.45, 7) is 8.72. The average molecular weight is 343 g/mol. The molecule has 0 fully saturated rings. The van der Waals surface area contributed by atoms with Crippen LogP contribution in [0, 0.1) is 6.92 Å². The molecule has 0 aliphatic heterocycles. The largest absolute Gasteiger partial charge is 0.490 e. The van der Waals surface area contributed by atoms with Crippen LogP contribution in [0.15, 0.2) is 40.8 Å². The zero-order chi connectivity index (χ0) is 18.2. The van der Waals surface area contributed by atoms with Crippen LogP contribution in [-0.4, -0.2) is 19.1 Å². The number of rotatable bonds is 8. The molecule has 0 saturated carbocycles. The van der Waals surface area contributed by atoms with Gasteiger partial charge >= 0.3 is 0 Å². The zero-order valence-corrected chi connectivity index (χ0v) is 15.2. The van der Waals surface area contributed by atoms with Crippen molar-refractivity contribution in [3.8, 4) is 11.5 Å². The molecule has 5 nitrogen and oxygen atoms in total. The second kappa shape index (κ2) is 8.97. The van der Waals surface area contributed by atoms with Gasteiger partial charge in [0.05, 0.1) is 19.3 Å². The van der Waals surface area contributed by atoms with Crippen molar-refractivity contribution in [1.82, 2.24) is 5.32 Å². The Morgan fingerprint density at radius 2 is 1.88 bits per heavy atom. The Labute approximate surface area is 148 Å². The predicted octanol–water partition coefficient (Wildman–Crippen LogP) is 4.28. The van der Waals surface area contributed by atoms with E-state index in [4.69, 9.17) is 13.9 Å². The Hall–Kier alpha value is -2.69. The van der Waals surface area contributed by atoms with Crippen molar-refractivity contribution in [2.75, 3.05) is 13.2 Å². The molecule has 0 radical (unpaired) electrons. The Kier molecular flexibility index (Phi) is 6.69. The Bertz CT molecular complexity index is 733. The van der Waals surface area contributed by atoms with E-state index >= 15 is 0 Å². The molecule has 1 heterocycles. The molecule has 5 heteroatoms. The predicted molar refractivity (Wildman–Crippen MR) is 97.8 cm³/mol. The van der Waals surface area contributed by atoms with Crippen molar-refractivity contribution in [2.45, 2.75) is 33.7 Å². The van der Waals surface area contributed by atoms with Crippen molar-refractivity contribution in [1.29, 1.82) is 0 Å². The SMILES string of the molecule is CCOc1ccc(/C=C/C(=O)NC(C)c2ccc(C)o2)cc1OCC. The normalized spacial score (nSPS) is 12.2. The summed E-state index contributed by atoms with van der Waals surface area (Å²) in [5, 5.41) is 2.88. The maximum absolute atomic E-state index is 12.1. The maximum Gasteiger partial charge on any atom is 0.244 e. The molecular weight excluding hydrogens is 318 g/mol. The van der Waals surface area contributed by atoms with Crippen molar-refractivity contribution in [2.24, 2.45) is 0 Å². The number of carbonyl (C=O) groups excluding carboxylic acids is 1. The lowest BCUT2D eigenvalue weighted by Gasteiger charge is -2.11. The number of amides is 1. The van der Waals surface area contributed by atoms with Crippen LogP contribution < -0.4 is 14.8 Å². The molecule has 1 unspecified atom stereocenters. The number of nitrogens with one attached hydrogen (secondary N) is 1. The fourth-order valence-corrected chi connectivity index (χ4v) is 2.36. The monoisotopic (exact) mass is 343 g/mol. The first kappa shape index (κ1) is 18.6. The minimum Gasteiger partial charge on any atom is -0.490 e. The summed E-state index contributed by atoms with van der Waals surface area (Å²) in [6, 6.07) is 9.15. The van der Waals surface area contributed by atoms with Crippen LogP contribution >= 0.6 is 0 Å². The van der Waals surface area contributed by atoms with Crippen LogP contribution in [0.2, 0.25) is 0 Å². The molecule has 0 aliphatic carbocycles. The first-order valence-corrected chi connectivity index (χ1v) is 8.48. The Balaban J connectivity index is 2.02. The molecule has 1 atom stereocenters. The second-order valence-corrected chi connectivity index (χ2v) is 5.58. The summed E-state index contributed by atoms with van der Waals surface area (Å²) in [4.78, 5) is 12.1. The van der Waals surface area contributed by atoms with E-state index in [1.54, 1.807) is 6.08 Å². The first-order valence-electron chi connectivity index (χ1n) is 8.48. The molecule has 1 aromatic heterocycles. The number of benzene rings is 1. The van der Waals surface area contributed by atoms with Crippen LogP contribution in [0.25, 0.3) is 6.08 Å². The summed E-state index contributed by atoms with van der Waals surface area (Å²) in [6.07, 6.45) is 3.24. The van der Waals surface area contributed by atoms with Crippen LogP contribution in [-0.2, 0) is 4.79 Å². The number of hydrogen-bond donors (Lipinski definition) is 1. The van der Waals surface area contributed by atoms with E-state index in [2.05, 4.69) is 5.32 Å². The van der Waals surface area contributed by atoms with Crippen LogP contribution in [0.1, 0.15) is 43.9 Å². The van der Waals surface area contributed by atoms with Crippen LogP contribution in [0.4, 0.5) is 0 Å². The lowest BCUT2D eigenvalue weighted by atomic mass is 10.2. The zero-order valence-electron chi connectivity index (χ0n) is 15.2. The van der Waals surface area contributed by atoms with E-state index in [1.807, 2.05) is 58.0 Å². The lowest BCUT2D eigenvalue weighted by Crippen LogP contribution is -2.24. The van der Waals surface area contributed by atoms with Crippen molar-refractivity contribution in [3.05, 3.63) is 53.5 Å². The molecular formula is C20H25NO4. The summed E-state index contributed by atoms with van der Waals surface area (Å²) in [5.41, 5.74) is 0.864. The highest BCUT2D eigenvalue weighted by molar-refractivity contribution is 5.92. The molecule has 0 spiro atoms. The summed E-state index contributed by atoms with van der Waals surface area (Å²) in [5.74, 6) is 2.75. The third-order valence-corrected chi connectivity index (χ3v) is 3.54. The number of carbonyl (C=O) groups is 1. The quantitative estimate of drug-likeness (QED) is 0.727. The van der Waals surface area contributed by atoms with Crippen LogP contribution in [0.5, 0.6) is 11.5 Å². The smallest absolute Gasteiger partial charge is 0.244 e. The maximum atomic E-state index is 12.1. The minimum atomic E-state index is -0.190. The van der Waals surface area contributed by atoms with Gasteiger partial charge in [0.1, 0.15) is 11.5 Å². The molecule has 134 valence electrons. The fraction of sp³-hybridized carbons (Fsp3) is 0.350. The highest BCUT2D eigenvalue weighted by atomic mass is 16.5. The van der Waals surface area contributed by atoms with Gasteiger partial charge in [-0.15, -0.1) is 0 Å². The van der Waals surface area contributed by atoms with Gasteiger partial charge in [-0.2, -0.15) is 0 Å². The van der Waals surface area contributed by atoms with E-state index in [-0.39, 0.29) is 11.9 Å². The van der Waals surface area contributed by atoms with Gasteiger partial charge in [0.2, 0.25) is 5.91 Å². The minimum absolute atomic E-state index is 0.187. The van der Waals surface area contributed by atoms with E-state index in [1.165, 1.54) is 6.08 Å². The Morgan fingerprint density at radius 1 is 1.16 bits per heavy atom. The van der Waals surface area contributed by atoms with Gasteiger partial charge in [0.25, 0.3) is 0 Å². The van der Waals surface area contributed by atoms with E-state index in [0.29, 0.717) is 24.7 Å². The standard InChI is InChI=1S/C20H25NO4/c1-5-23-18-11-8-16(13-19(18)24-6-2)9-12-20(22)21-15(4)17-10-7-14(3)25-17/h7-13,15H,5-6H2,1-4H3,(H,21,22)/b12-9+. The van der Waals surface area contributed by atoms with Gasteiger partial charge in [-0.25, -0.2) is 0 Å². The molecule has 25 heavy (non-hydrogen) atoms. The molecule has 0 saturated heterocycles. The number of ether oxygens (including phenoxy) is 2. The highest BCUT2D eigenvalue weighted by Gasteiger charge is 2.11. The van der Waals surface area contributed by atoms with Gasteiger partial charge in [-0.1, -0.05) is 6.07 Å². The van der Waals surface area contributed by atoms with Gasteiger partial charge in [-0.3, -0.25) is 4.79 Å². The van der Waals surface area contributed by atoms with Crippen LogP contribution in [0.3, 0.4) is 0 Å². The van der Waals surface area contributed by atoms with E-state index in [9.17, 15) is 4.79 Å². The van der Waals surface area contributed by atoms with Crippen molar-refractivity contribution < 1.29 is 18.7 Å². The van der Waals surface area contributed by atoms with Gasteiger partial charge in [0, 0.05) is 6.08 Å².